The van der Waals surface area contributed by atoms with Gasteiger partial charge in [0.15, 0.2) is 6.61 Å². The van der Waals surface area contributed by atoms with Gasteiger partial charge in [0.2, 0.25) is 5.91 Å². The Kier molecular flexibility index (Phi) is 8.30. The smallest absolute Gasteiger partial charge is 0.261 e. The number of carbonyl (C=O) groups is 2. The number of para-hydroxylation sites is 1. The highest BCUT2D eigenvalue weighted by atomic mass is 16.5. The number of benzene rings is 2. The number of aliphatic hydroxyl groups excluding tert-OH is 1. The zero-order valence-corrected chi connectivity index (χ0v) is 16.1. The molecule has 0 unspecified atom stereocenters. The van der Waals surface area contributed by atoms with Crippen LogP contribution in [-0.2, 0) is 16.1 Å². The highest BCUT2D eigenvalue weighted by molar-refractivity contribution is 5.87. The van der Waals surface area contributed by atoms with Crippen molar-refractivity contribution in [3.8, 4) is 11.5 Å². The number of carbonyl (C=O) groups excluding carboxylic acids is 2. The summed E-state index contributed by atoms with van der Waals surface area (Å²) < 4.78 is 10.7. The maximum absolute atomic E-state index is 12.8. The van der Waals surface area contributed by atoms with Crippen molar-refractivity contribution in [2.75, 3.05) is 26.9 Å². The standard InChI is InChI=1S/C21H26N2O5/c1-16(21(26)22-12-13-24)23(14-17-8-10-18(27-2)11-9-17)20(25)15-28-19-6-4-3-5-7-19/h3-11,16,24H,12-15H2,1-2H3,(H,22,26)/t16-/m0/s1. The summed E-state index contributed by atoms with van der Waals surface area (Å²) in [6.45, 7) is 1.68. The maximum atomic E-state index is 12.8. The van der Waals surface area contributed by atoms with Crippen LogP contribution >= 0.6 is 0 Å². The average Bonchev–Trinajstić information content (AvgIpc) is 2.74. The monoisotopic (exact) mass is 386 g/mol. The summed E-state index contributed by atoms with van der Waals surface area (Å²) in [6.07, 6.45) is 0. The van der Waals surface area contributed by atoms with E-state index in [1.54, 1.807) is 38.3 Å². The highest BCUT2D eigenvalue weighted by Crippen LogP contribution is 2.15. The van der Waals surface area contributed by atoms with Crippen molar-refractivity contribution in [1.82, 2.24) is 10.2 Å². The number of amides is 2. The molecule has 0 heterocycles. The number of hydrogen-bond donors (Lipinski definition) is 2. The molecule has 28 heavy (non-hydrogen) atoms. The molecule has 0 radical (unpaired) electrons. The molecule has 0 spiro atoms. The molecule has 0 saturated heterocycles. The molecule has 1 atom stereocenters. The van der Waals surface area contributed by atoms with Crippen LogP contribution in [0.5, 0.6) is 11.5 Å². The normalized spacial score (nSPS) is 11.4. The van der Waals surface area contributed by atoms with Gasteiger partial charge >= 0.3 is 0 Å². The first-order chi connectivity index (χ1) is 13.5. The van der Waals surface area contributed by atoms with E-state index in [1.807, 2.05) is 30.3 Å². The molecule has 7 nitrogen and oxygen atoms in total. The Morgan fingerprint density at radius 3 is 2.36 bits per heavy atom. The number of rotatable bonds is 10. The minimum absolute atomic E-state index is 0.133. The van der Waals surface area contributed by atoms with Crippen LogP contribution in [0.3, 0.4) is 0 Å². The van der Waals surface area contributed by atoms with Gasteiger partial charge < -0.3 is 24.8 Å². The highest BCUT2D eigenvalue weighted by Gasteiger charge is 2.26. The van der Waals surface area contributed by atoms with Crippen LogP contribution in [0.15, 0.2) is 54.6 Å². The molecule has 2 aromatic rings. The summed E-state index contributed by atoms with van der Waals surface area (Å²) in [5.74, 6) is 0.641. The van der Waals surface area contributed by atoms with Crippen LogP contribution in [0.1, 0.15) is 12.5 Å². The largest absolute Gasteiger partial charge is 0.497 e. The molecule has 0 saturated carbocycles. The van der Waals surface area contributed by atoms with E-state index >= 15 is 0 Å². The molecular formula is C21H26N2O5. The van der Waals surface area contributed by atoms with Crippen molar-refractivity contribution in [1.29, 1.82) is 0 Å². The Balaban J connectivity index is 2.11. The van der Waals surface area contributed by atoms with Gasteiger partial charge in [-0.15, -0.1) is 0 Å². The number of ether oxygens (including phenoxy) is 2. The molecule has 7 heteroatoms. The predicted molar refractivity (Wildman–Crippen MR) is 105 cm³/mol. The van der Waals surface area contributed by atoms with E-state index < -0.39 is 6.04 Å². The molecule has 0 aliphatic heterocycles. The van der Waals surface area contributed by atoms with Crippen LogP contribution in [-0.4, -0.2) is 54.7 Å². The van der Waals surface area contributed by atoms with Gasteiger partial charge in [0.25, 0.3) is 5.91 Å². The third kappa shape index (κ3) is 6.28. The average molecular weight is 386 g/mol. The molecule has 2 rings (SSSR count). The number of aliphatic hydroxyl groups is 1. The topological polar surface area (TPSA) is 88.1 Å². The number of hydrogen-bond acceptors (Lipinski definition) is 5. The lowest BCUT2D eigenvalue weighted by Crippen LogP contribution is -2.49. The second kappa shape index (κ2) is 10.9. The Labute approximate surface area is 164 Å². The van der Waals surface area contributed by atoms with Gasteiger partial charge in [0, 0.05) is 13.1 Å². The lowest BCUT2D eigenvalue weighted by atomic mass is 10.1. The zero-order valence-electron chi connectivity index (χ0n) is 16.1. The second-order valence-corrected chi connectivity index (χ2v) is 6.16. The van der Waals surface area contributed by atoms with Crippen LogP contribution < -0.4 is 14.8 Å². The van der Waals surface area contributed by atoms with Crippen molar-refractivity contribution in [3.05, 3.63) is 60.2 Å². The SMILES string of the molecule is COc1ccc(CN(C(=O)COc2ccccc2)[C@@H](C)C(=O)NCCO)cc1. The molecule has 2 aromatic carbocycles. The Morgan fingerprint density at radius 1 is 1.07 bits per heavy atom. The van der Waals surface area contributed by atoms with Crippen LogP contribution in [0.25, 0.3) is 0 Å². The molecule has 0 aliphatic carbocycles. The van der Waals surface area contributed by atoms with Gasteiger partial charge in [-0.25, -0.2) is 0 Å². The maximum Gasteiger partial charge on any atom is 0.261 e. The molecule has 2 N–H and O–H groups in total. The summed E-state index contributed by atoms with van der Waals surface area (Å²) in [5, 5.41) is 11.5. The molecule has 0 fully saturated rings. The first-order valence-electron chi connectivity index (χ1n) is 9.04. The molecule has 0 aromatic heterocycles. The van der Waals surface area contributed by atoms with Crippen molar-refractivity contribution in [2.45, 2.75) is 19.5 Å². The minimum atomic E-state index is -0.722. The van der Waals surface area contributed by atoms with Gasteiger partial charge in [-0.1, -0.05) is 30.3 Å². The van der Waals surface area contributed by atoms with Gasteiger partial charge in [-0.2, -0.15) is 0 Å². The third-order valence-electron chi connectivity index (χ3n) is 4.20. The van der Waals surface area contributed by atoms with Crippen molar-refractivity contribution in [3.63, 3.8) is 0 Å². The molecule has 2 amide bonds. The molecular weight excluding hydrogens is 360 g/mol. The van der Waals surface area contributed by atoms with Crippen LogP contribution in [0, 0.1) is 0 Å². The van der Waals surface area contributed by atoms with Gasteiger partial charge in [0.05, 0.1) is 13.7 Å². The Morgan fingerprint density at radius 2 is 1.75 bits per heavy atom. The number of methoxy groups -OCH3 is 1. The summed E-state index contributed by atoms with van der Waals surface area (Å²) in [5.41, 5.74) is 0.857. The van der Waals surface area contributed by atoms with Gasteiger partial charge in [0.1, 0.15) is 17.5 Å². The summed E-state index contributed by atoms with van der Waals surface area (Å²) in [4.78, 5) is 26.6. The van der Waals surface area contributed by atoms with E-state index in [1.165, 1.54) is 4.90 Å². The van der Waals surface area contributed by atoms with Gasteiger partial charge in [-0.05, 0) is 36.8 Å². The summed E-state index contributed by atoms with van der Waals surface area (Å²) in [7, 11) is 1.58. The second-order valence-electron chi connectivity index (χ2n) is 6.16. The fourth-order valence-corrected chi connectivity index (χ4v) is 2.58. The van der Waals surface area contributed by atoms with Crippen LogP contribution in [0.2, 0.25) is 0 Å². The van der Waals surface area contributed by atoms with E-state index in [4.69, 9.17) is 14.6 Å². The molecule has 0 bridgehead atoms. The Bertz CT molecular complexity index is 749. The first-order valence-corrected chi connectivity index (χ1v) is 9.04. The zero-order chi connectivity index (χ0) is 20.4. The lowest BCUT2D eigenvalue weighted by molar-refractivity contribution is -0.142. The lowest BCUT2D eigenvalue weighted by Gasteiger charge is -2.28. The first kappa shape index (κ1) is 21.2. The quantitative estimate of drug-likeness (QED) is 0.648. The van der Waals surface area contributed by atoms with Crippen molar-refractivity contribution in [2.24, 2.45) is 0 Å². The van der Waals surface area contributed by atoms with E-state index in [9.17, 15) is 9.59 Å². The van der Waals surface area contributed by atoms with Crippen molar-refractivity contribution < 1.29 is 24.2 Å². The van der Waals surface area contributed by atoms with E-state index in [2.05, 4.69) is 5.32 Å². The van der Waals surface area contributed by atoms with E-state index in [-0.39, 0.29) is 38.1 Å². The fourth-order valence-electron chi connectivity index (χ4n) is 2.58. The van der Waals surface area contributed by atoms with Gasteiger partial charge in [-0.3, -0.25) is 9.59 Å². The number of nitrogens with one attached hydrogen (secondary N) is 1. The summed E-state index contributed by atoms with van der Waals surface area (Å²) in [6, 6.07) is 15.6. The fraction of sp³-hybridized carbons (Fsp3) is 0.333. The van der Waals surface area contributed by atoms with E-state index in [0.717, 1.165) is 5.56 Å². The number of nitrogens with zero attached hydrogens (tertiary/aromatic N) is 1. The van der Waals surface area contributed by atoms with Crippen molar-refractivity contribution >= 4 is 11.8 Å². The minimum Gasteiger partial charge on any atom is -0.497 e. The predicted octanol–water partition coefficient (Wildman–Crippen LogP) is 1.60. The van der Waals surface area contributed by atoms with Crippen LogP contribution in [0.4, 0.5) is 0 Å². The Hall–Kier alpha value is -3.06. The molecule has 150 valence electrons. The summed E-state index contributed by atoms with van der Waals surface area (Å²) >= 11 is 0. The van der Waals surface area contributed by atoms with E-state index in [0.29, 0.717) is 11.5 Å². The third-order valence-corrected chi connectivity index (χ3v) is 4.20. The molecule has 0 aliphatic rings.